The maximum absolute atomic E-state index is 5.48. The average Bonchev–Trinajstić information content (AvgIpc) is 2.75. The van der Waals surface area contributed by atoms with Gasteiger partial charge in [0.2, 0.25) is 0 Å². The van der Waals surface area contributed by atoms with E-state index in [0.29, 0.717) is 6.04 Å². The molecule has 1 aromatic heterocycles. The average molecular weight is 367 g/mol. The lowest BCUT2D eigenvalue weighted by atomic mass is 10.0. The third-order valence-corrected chi connectivity index (χ3v) is 5.60. The summed E-state index contributed by atoms with van der Waals surface area (Å²) in [5.74, 6) is 1.12. The summed E-state index contributed by atoms with van der Waals surface area (Å²) in [6.45, 7) is 7.74. The predicted octanol–water partition coefficient (Wildman–Crippen LogP) is 2.67. The highest BCUT2D eigenvalue weighted by Crippen LogP contribution is 2.20. The number of nitrogens with one attached hydrogen (secondary N) is 1. The van der Waals surface area contributed by atoms with Gasteiger partial charge in [0.05, 0.1) is 13.2 Å². The number of anilines is 1. The molecule has 1 N–H and O–H groups in total. The molecule has 27 heavy (non-hydrogen) atoms. The Labute approximate surface area is 162 Å². The Morgan fingerprint density at radius 1 is 0.963 bits per heavy atom. The second-order valence-electron chi connectivity index (χ2n) is 7.50. The summed E-state index contributed by atoms with van der Waals surface area (Å²) in [6.07, 6.45) is 4.32. The van der Waals surface area contributed by atoms with Crippen molar-refractivity contribution in [2.24, 2.45) is 0 Å². The number of rotatable bonds is 6. The number of ether oxygens (including phenoxy) is 1. The number of benzene rings is 1. The van der Waals surface area contributed by atoms with E-state index >= 15 is 0 Å². The second kappa shape index (κ2) is 9.31. The zero-order valence-corrected chi connectivity index (χ0v) is 16.0. The van der Waals surface area contributed by atoms with Crippen LogP contribution in [0.2, 0.25) is 0 Å². The molecule has 2 aliphatic heterocycles. The first kappa shape index (κ1) is 18.4. The van der Waals surface area contributed by atoms with Gasteiger partial charge in [-0.15, -0.1) is 0 Å². The molecule has 0 radical (unpaired) electrons. The van der Waals surface area contributed by atoms with Crippen LogP contribution in [-0.2, 0) is 17.8 Å². The van der Waals surface area contributed by atoms with Crippen molar-refractivity contribution in [1.82, 2.24) is 15.2 Å². The molecule has 2 aromatic rings. The van der Waals surface area contributed by atoms with Gasteiger partial charge in [0.1, 0.15) is 5.82 Å². The fourth-order valence-corrected chi connectivity index (χ4v) is 4.02. The lowest BCUT2D eigenvalue weighted by molar-refractivity contribution is 0.122. The molecule has 2 aliphatic rings. The number of aromatic nitrogens is 1. The molecule has 3 heterocycles. The van der Waals surface area contributed by atoms with E-state index in [1.54, 1.807) is 0 Å². The van der Waals surface area contributed by atoms with Crippen molar-refractivity contribution in [3.63, 3.8) is 0 Å². The number of hydrogen-bond donors (Lipinski definition) is 1. The van der Waals surface area contributed by atoms with Crippen LogP contribution in [0.5, 0.6) is 0 Å². The second-order valence-corrected chi connectivity index (χ2v) is 7.50. The Balaban J connectivity index is 1.27. The van der Waals surface area contributed by atoms with E-state index in [2.05, 4.69) is 56.5 Å². The number of pyridine rings is 1. The summed E-state index contributed by atoms with van der Waals surface area (Å²) >= 11 is 0. The van der Waals surface area contributed by atoms with Gasteiger partial charge in [0.15, 0.2) is 0 Å². The van der Waals surface area contributed by atoms with Crippen LogP contribution in [0, 0.1) is 0 Å². The predicted molar refractivity (Wildman–Crippen MR) is 109 cm³/mol. The molecule has 1 aromatic carbocycles. The summed E-state index contributed by atoms with van der Waals surface area (Å²) < 4.78 is 5.48. The van der Waals surface area contributed by atoms with E-state index in [4.69, 9.17) is 4.74 Å². The van der Waals surface area contributed by atoms with Crippen LogP contribution in [-0.4, -0.2) is 55.3 Å². The Bertz CT molecular complexity index is 694. The van der Waals surface area contributed by atoms with Crippen LogP contribution in [0.15, 0.2) is 48.7 Å². The van der Waals surface area contributed by atoms with Gasteiger partial charge in [-0.25, -0.2) is 4.98 Å². The van der Waals surface area contributed by atoms with E-state index in [9.17, 15) is 0 Å². The zero-order valence-electron chi connectivity index (χ0n) is 16.0. The van der Waals surface area contributed by atoms with Crippen LogP contribution >= 0.6 is 0 Å². The van der Waals surface area contributed by atoms with Crippen LogP contribution in [0.3, 0.4) is 0 Å². The molecular formula is C22H30N4O. The maximum atomic E-state index is 5.48. The first-order valence-electron chi connectivity index (χ1n) is 10.1. The molecule has 5 heteroatoms. The van der Waals surface area contributed by atoms with Gasteiger partial charge >= 0.3 is 0 Å². The summed E-state index contributed by atoms with van der Waals surface area (Å²) in [6, 6.07) is 15.6. The minimum Gasteiger partial charge on any atom is -0.378 e. The van der Waals surface area contributed by atoms with Gasteiger partial charge < -0.3 is 15.0 Å². The minimum atomic E-state index is 0.592. The van der Waals surface area contributed by atoms with Gasteiger partial charge in [-0.05, 0) is 37.6 Å². The molecule has 0 atom stereocenters. The fraction of sp³-hybridized carbons (Fsp3) is 0.500. The van der Waals surface area contributed by atoms with Crippen molar-refractivity contribution in [2.45, 2.75) is 32.0 Å². The van der Waals surface area contributed by atoms with E-state index < -0.39 is 0 Å². The lowest BCUT2D eigenvalue weighted by Gasteiger charge is -2.33. The summed E-state index contributed by atoms with van der Waals surface area (Å²) in [5, 5.41) is 3.78. The standard InChI is InChI=1S/C22H30N4O/c1-2-5-19(6-3-1)18-25-11-8-21(9-12-25)24-17-20-7-4-10-23-22(20)26-13-15-27-16-14-26/h1-7,10,21,24H,8-9,11-18H2. The SMILES string of the molecule is c1ccc(CN2CCC(NCc3cccnc3N3CCOCC3)CC2)cc1. The zero-order chi connectivity index (χ0) is 18.3. The largest absolute Gasteiger partial charge is 0.378 e. The highest BCUT2D eigenvalue weighted by Gasteiger charge is 2.20. The van der Waals surface area contributed by atoms with Gasteiger partial charge in [0, 0.05) is 44.0 Å². The molecule has 0 amide bonds. The fourth-order valence-electron chi connectivity index (χ4n) is 4.02. The van der Waals surface area contributed by atoms with Crippen molar-refractivity contribution in [3.05, 3.63) is 59.8 Å². The Morgan fingerprint density at radius 3 is 2.52 bits per heavy atom. The van der Waals surface area contributed by atoms with Gasteiger partial charge in [-0.2, -0.15) is 0 Å². The molecule has 5 nitrogen and oxygen atoms in total. The highest BCUT2D eigenvalue weighted by molar-refractivity contribution is 5.47. The van der Waals surface area contributed by atoms with Crippen molar-refractivity contribution in [3.8, 4) is 0 Å². The molecular weight excluding hydrogens is 336 g/mol. The lowest BCUT2D eigenvalue weighted by Crippen LogP contribution is -2.42. The van der Waals surface area contributed by atoms with E-state index in [-0.39, 0.29) is 0 Å². The first-order valence-corrected chi connectivity index (χ1v) is 10.1. The summed E-state index contributed by atoms with van der Waals surface area (Å²) in [7, 11) is 0. The number of hydrogen-bond acceptors (Lipinski definition) is 5. The quantitative estimate of drug-likeness (QED) is 0.851. The summed E-state index contributed by atoms with van der Waals surface area (Å²) in [5.41, 5.74) is 2.71. The summed E-state index contributed by atoms with van der Waals surface area (Å²) in [4.78, 5) is 9.56. The first-order chi connectivity index (χ1) is 13.4. The Kier molecular flexibility index (Phi) is 6.35. The van der Waals surface area contributed by atoms with E-state index in [1.807, 2.05) is 12.3 Å². The molecule has 0 aliphatic carbocycles. The maximum Gasteiger partial charge on any atom is 0.133 e. The third-order valence-electron chi connectivity index (χ3n) is 5.60. The molecule has 2 saturated heterocycles. The number of nitrogens with zero attached hydrogens (tertiary/aromatic N) is 3. The van der Waals surface area contributed by atoms with Crippen molar-refractivity contribution >= 4 is 5.82 Å². The number of likely N-dealkylation sites (tertiary alicyclic amines) is 1. The minimum absolute atomic E-state index is 0.592. The molecule has 0 saturated carbocycles. The monoisotopic (exact) mass is 366 g/mol. The normalized spacial score (nSPS) is 19.3. The van der Waals surface area contributed by atoms with Gasteiger partial charge in [0.25, 0.3) is 0 Å². The number of piperidine rings is 1. The van der Waals surface area contributed by atoms with E-state index in [0.717, 1.165) is 58.3 Å². The molecule has 0 bridgehead atoms. The number of morpholine rings is 1. The molecule has 0 spiro atoms. The molecule has 144 valence electrons. The van der Waals surface area contributed by atoms with Crippen molar-refractivity contribution in [2.75, 3.05) is 44.3 Å². The molecule has 2 fully saturated rings. The van der Waals surface area contributed by atoms with Crippen molar-refractivity contribution in [1.29, 1.82) is 0 Å². The molecule has 4 rings (SSSR count). The van der Waals surface area contributed by atoms with Crippen LogP contribution in [0.1, 0.15) is 24.0 Å². The van der Waals surface area contributed by atoms with E-state index in [1.165, 1.54) is 24.0 Å². The topological polar surface area (TPSA) is 40.6 Å². The van der Waals surface area contributed by atoms with Crippen molar-refractivity contribution < 1.29 is 4.74 Å². The van der Waals surface area contributed by atoms with Crippen LogP contribution < -0.4 is 10.2 Å². The third kappa shape index (κ3) is 5.06. The van der Waals surface area contributed by atoms with Gasteiger partial charge in [-0.3, -0.25) is 4.90 Å². The Morgan fingerprint density at radius 2 is 1.74 bits per heavy atom. The van der Waals surface area contributed by atoms with Crippen LogP contribution in [0.4, 0.5) is 5.82 Å². The van der Waals surface area contributed by atoms with Gasteiger partial charge in [-0.1, -0.05) is 36.4 Å². The smallest absolute Gasteiger partial charge is 0.133 e. The molecule has 0 unspecified atom stereocenters. The highest BCUT2D eigenvalue weighted by atomic mass is 16.5. The Hall–Kier alpha value is -1.95. The van der Waals surface area contributed by atoms with Crippen LogP contribution in [0.25, 0.3) is 0 Å².